The molecule has 1 N–H and O–H groups in total. The van der Waals surface area contributed by atoms with Gasteiger partial charge in [-0.1, -0.05) is 17.3 Å². The standard InChI is InChI=1S/C24H27N3O5/c1-16-18(13-25)5-4-6-21(16)22-8-7-17(11-23(22)32-10-9-30-2)24(29)27-14-19(26-31-3)12-20(27)15-28/h4-8,11,20,28H,9-10,12,14-15H2,1-3H3/b26-19+/t20-/m0/s1. The van der Waals surface area contributed by atoms with E-state index in [1.807, 2.05) is 25.1 Å². The second-order valence-corrected chi connectivity index (χ2v) is 7.46. The molecule has 3 rings (SSSR count). The van der Waals surface area contributed by atoms with Crippen LogP contribution in [-0.4, -0.2) is 68.3 Å². The Bertz CT molecular complexity index is 1040. The Kier molecular flexibility index (Phi) is 7.82. The van der Waals surface area contributed by atoms with Gasteiger partial charge in [-0.15, -0.1) is 0 Å². The summed E-state index contributed by atoms with van der Waals surface area (Å²) in [6.07, 6.45) is 0.464. The number of amides is 1. The third kappa shape index (κ3) is 4.90. The molecule has 0 spiro atoms. The zero-order valence-corrected chi connectivity index (χ0v) is 18.5. The highest BCUT2D eigenvalue weighted by Crippen LogP contribution is 2.35. The number of benzene rings is 2. The number of hydrogen-bond donors (Lipinski definition) is 1. The minimum atomic E-state index is -0.358. The fourth-order valence-electron chi connectivity index (χ4n) is 3.82. The summed E-state index contributed by atoms with van der Waals surface area (Å²) < 4.78 is 11.1. The molecule has 1 heterocycles. The third-order valence-electron chi connectivity index (χ3n) is 5.47. The number of oxime groups is 1. The fourth-order valence-corrected chi connectivity index (χ4v) is 3.82. The SMILES string of the molecule is COCCOc1cc(C(=O)N2C/C(=N/OC)C[C@H]2CO)ccc1-c1cccc(C#N)c1C. The maximum Gasteiger partial charge on any atom is 0.254 e. The lowest BCUT2D eigenvalue weighted by Gasteiger charge is -2.23. The van der Waals surface area contributed by atoms with E-state index in [2.05, 4.69) is 11.2 Å². The highest BCUT2D eigenvalue weighted by molar-refractivity contribution is 6.01. The lowest BCUT2D eigenvalue weighted by atomic mass is 9.95. The predicted octanol–water partition coefficient (Wildman–Crippen LogP) is 2.77. The van der Waals surface area contributed by atoms with Gasteiger partial charge in [0, 0.05) is 24.7 Å². The van der Waals surface area contributed by atoms with Crippen LogP contribution in [0.2, 0.25) is 0 Å². The van der Waals surface area contributed by atoms with Crippen molar-refractivity contribution in [2.75, 3.05) is 40.6 Å². The van der Waals surface area contributed by atoms with Crippen LogP contribution < -0.4 is 4.74 Å². The molecule has 1 saturated heterocycles. The molecule has 1 atom stereocenters. The average Bonchev–Trinajstić information content (AvgIpc) is 3.22. The first kappa shape index (κ1) is 23.3. The monoisotopic (exact) mass is 437 g/mol. The molecule has 8 nitrogen and oxygen atoms in total. The Morgan fingerprint density at radius 2 is 2.06 bits per heavy atom. The molecule has 0 unspecified atom stereocenters. The molecule has 1 aliphatic rings. The molecule has 0 bridgehead atoms. The maximum atomic E-state index is 13.3. The summed E-state index contributed by atoms with van der Waals surface area (Å²) >= 11 is 0. The fraction of sp³-hybridized carbons (Fsp3) is 0.375. The van der Waals surface area contributed by atoms with E-state index in [0.717, 1.165) is 16.7 Å². The van der Waals surface area contributed by atoms with Crippen molar-refractivity contribution in [3.8, 4) is 22.9 Å². The quantitative estimate of drug-likeness (QED) is 0.503. The number of nitriles is 1. The van der Waals surface area contributed by atoms with Crippen molar-refractivity contribution in [1.82, 2.24) is 4.90 Å². The van der Waals surface area contributed by atoms with Crippen molar-refractivity contribution in [3.05, 3.63) is 53.1 Å². The van der Waals surface area contributed by atoms with Gasteiger partial charge in [-0.2, -0.15) is 5.26 Å². The van der Waals surface area contributed by atoms with Crippen molar-refractivity contribution in [2.45, 2.75) is 19.4 Å². The lowest BCUT2D eigenvalue weighted by Crippen LogP contribution is -2.37. The Morgan fingerprint density at radius 1 is 1.25 bits per heavy atom. The summed E-state index contributed by atoms with van der Waals surface area (Å²) in [7, 11) is 3.05. The van der Waals surface area contributed by atoms with E-state index < -0.39 is 0 Å². The summed E-state index contributed by atoms with van der Waals surface area (Å²) in [5, 5.41) is 23.1. The van der Waals surface area contributed by atoms with Gasteiger partial charge in [-0.25, -0.2) is 0 Å². The first-order valence-corrected chi connectivity index (χ1v) is 10.3. The van der Waals surface area contributed by atoms with Crippen LogP contribution in [0.3, 0.4) is 0 Å². The van der Waals surface area contributed by atoms with E-state index in [1.165, 1.54) is 7.11 Å². The van der Waals surface area contributed by atoms with Gasteiger partial charge in [0.1, 0.15) is 19.5 Å². The van der Waals surface area contributed by atoms with Crippen LogP contribution in [-0.2, 0) is 9.57 Å². The van der Waals surface area contributed by atoms with Gasteiger partial charge in [0.15, 0.2) is 0 Å². The van der Waals surface area contributed by atoms with Gasteiger partial charge < -0.3 is 24.3 Å². The molecule has 1 aliphatic heterocycles. The number of nitrogens with zero attached hydrogens (tertiary/aromatic N) is 3. The number of methoxy groups -OCH3 is 1. The molecule has 32 heavy (non-hydrogen) atoms. The molecular weight excluding hydrogens is 410 g/mol. The molecule has 2 aromatic rings. The van der Waals surface area contributed by atoms with Gasteiger partial charge in [0.25, 0.3) is 5.91 Å². The molecule has 168 valence electrons. The molecule has 2 aromatic carbocycles. The van der Waals surface area contributed by atoms with Gasteiger partial charge in [-0.3, -0.25) is 4.79 Å². The Hall–Kier alpha value is -3.41. The van der Waals surface area contributed by atoms with Crippen molar-refractivity contribution >= 4 is 11.6 Å². The van der Waals surface area contributed by atoms with Crippen LogP contribution in [0.25, 0.3) is 11.1 Å². The first-order chi connectivity index (χ1) is 15.5. The van der Waals surface area contributed by atoms with Gasteiger partial charge >= 0.3 is 0 Å². The van der Waals surface area contributed by atoms with E-state index in [4.69, 9.17) is 14.3 Å². The molecule has 1 amide bonds. The summed E-state index contributed by atoms with van der Waals surface area (Å²) in [6.45, 7) is 2.72. The summed E-state index contributed by atoms with van der Waals surface area (Å²) in [5.41, 5.74) is 4.21. The van der Waals surface area contributed by atoms with Crippen molar-refractivity contribution in [3.63, 3.8) is 0 Å². The van der Waals surface area contributed by atoms with Crippen LogP contribution in [0.4, 0.5) is 0 Å². The summed E-state index contributed by atoms with van der Waals surface area (Å²) in [6, 6.07) is 12.6. The average molecular weight is 437 g/mol. The van der Waals surface area contributed by atoms with Gasteiger partial charge in [0.05, 0.1) is 43.1 Å². The predicted molar refractivity (Wildman–Crippen MR) is 120 cm³/mol. The normalized spacial score (nSPS) is 16.8. The van der Waals surface area contributed by atoms with E-state index in [9.17, 15) is 15.2 Å². The maximum absolute atomic E-state index is 13.3. The number of ether oxygens (including phenoxy) is 2. The van der Waals surface area contributed by atoms with Crippen molar-refractivity contribution in [1.29, 1.82) is 5.26 Å². The van der Waals surface area contributed by atoms with Crippen molar-refractivity contribution in [2.24, 2.45) is 5.16 Å². The van der Waals surface area contributed by atoms with Crippen LogP contribution in [0, 0.1) is 18.3 Å². The number of rotatable bonds is 8. The molecule has 0 saturated carbocycles. The topological polar surface area (TPSA) is 104 Å². The number of carbonyl (C=O) groups is 1. The van der Waals surface area contributed by atoms with E-state index in [1.54, 1.807) is 30.2 Å². The van der Waals surface area contributed by atoms with Crippen molar-refractivity contribution < 1.29 is 24.2 Å². The highest BCUT2D eigenvalue weighted by atomic mass is 16.6. The lowest BCUT2D eigenvalue weighted by molar-refractivity contribution is 0.0679. The van der Waals surface area contributed by atoms with E-state index >= 15 is 0 Å². The van der Waals surface area contributed by atoms with Crippen LogP contribution in [0.5, 0.6) is 5.75 Å². The molecule has 0 aliphatic carbocycles. The number of likely N-dealkylation sites (tertiary alicyclic amines) is 1. The largest absolute Gasteiger partial charge is 0.491 e. The molecule has 8 heteroatoms. The van der Waals surface area contributed by atoms with Gasteiger partial charge in [-0.05, 0) is 42.3 Å². The third-order valence-corrected chi connectivity index (χ3v) is 5.47. The molecule has 0 aromatic heterocycles. The summed E-state index contributed by atoms with van der Waals surface area (Å²) in [4.78, 5) is 19.7. The zero-order valence-electron chi connectivity index (χ0n) is 18.5. The number of aliphatic hydroxyl groups excluding tert-OH is 1. The zero-order chi connectivity index (χ0) is 23.1. The Balaban J connectivity index is 1.99. The second kappa shape index (κ2) is 10.8. The van der Waals surface area contributed by atoms with Gasteiger partial charge in [0.2, 0.25) is 0 Å². The van der Waals surface area contributed by atoms with E-state index in [-0.39, 0.29) is 18.6 Å². The molecular formula is C24H27N3O5. The Morgan fingerprint density at radius 3 is 2.75 bits per heavy atom. The minimum absolute atomic E-state index is 0.163. The number of carbonyl (C=O) groups excluding carboxylic acids is 1. The number of hydrogen-bond acceptors (Lipinski definition) is 7. The first-order valence-electron chi connectivity index (χ1n) is 10.3. The number of aliphatic hydroxyl groups is 1. The Labute approximate surface area is 187 Å². The highest BCUT2D eigenvalue weighted by Gasteiger charge is 2.33. The second-order valence-electron chi connectivity index (χ2n) is 7.46. The van der Waals surface area contributed by atoms with Crippen LogP contribution >= 0.6 is 0 Å². The molecule has 1 fully saturated rings. The summed E-state index contributed by atoms with van der Waals surface area (Å²) in [5.74, 6) is 0.299. The van der Waals surface area contributed by atoms with E-state index in [0.29, 0.717) is 48.8 Å². The van der Waals surface area contributed by atoms with Crippen LogP contribution in [0.15, 0.2) is 41.6 Å². The smallest absolute Gasteiger partial charge is 0.254 e. The van der Waals surface area contributed by atoms with Crippen LogP contribution in [0.1, 0.15) is 27.9 Å². The minimum Gasteiger partial charge on any atom is -0.491 e. The molecule has 0 radical (unpaired) electrons.